The van der Waals surface area contributed by atoms with Crippen LogP contribution in [0.25, 0.3) is 0 Å². The number of carbonyl (C=O) groups is 1. The molecule has 0 aliphatic heterocycles. The van der Waals surface area contributed by atoms with Gasteiger partial charge in [-0.15, -0.1) is 0 Å². The van der Waals surface area contributed by atoms with Gasteiger partial charge in [-0.25, -0.2) is 4.79 Å². The van der Waals surface area contributed by atoms with Gasteiger partial charge in [-0.1, -0.05) is 0 Å². The van der Waals surface area contributed by atoms with E-state index in [0.717, 1.165) is 12.8 Å². The highest BCUT2D eigenvalue weighted by molar-refractivity contribution is 5.73. The third-order valence-electron chi connectivity index (χ3n) is 1.50. The van der Waals surface area contributed by atoms with Crippen LogP contribution in [-0.4, -0.2) is 23.8 Å². The van der Waals surface area contributed by atoms with E-state index in [-0.39, 0.29) is 0 Å². The van der Waals surface area contributed by atoms with Crippen LogP contribution in [0.2, 0.25) is 0 Å². The Morgan fingerprint density at radius 1 is 1.80 bits per heavy atom. The molecule has 1 fully saturated rings. The summed E-state index contributed by atoms with van der Waals surface area (Å²) in [5, 5.41) is 8.68. The van der Waals surface area contributed by atoms with Gasteiger partial charge in [0.25, 0.3) is 0 Å². The fraction of sp³-hybridized carbons (Fsp3) is 0.857. The number of esters is 1. The molecule has 1 saturated carbocycles. The van der Waals surface area contributed by atoms with Crippen molar-refractivity contribution in [2.24, 2.45) is 5.92 Å². The number of hydrogen-bond donors (Lipinski definition) is 1. The lowest BCUT2D eigenvalue weighted by Gasteiger charge is -2.04. The number of hydrogen-bond acceptors (Lipinski definition) is 3. The average Bonchev–Trinajstić information content (AvgIpc) is 2.64. The predicted octanol–water partition coefficient (Wildman–Crippen LogP) is 0.320. The molecule has 1 rings (SSSR count). The van der Waals surface area contributed by atoms with Crippen molar-refractivity contribution in [2.45, 2.75) is 25.9 Å². The summed E-state index contributed by atoms with van der Waals surface area (Å²) in [4.78, 5) is 10.6. The quantitative estimate of drug-likeness (QED) is 0.580. The molecule has 1 aliphatic carbocycles. The Hall–Kier alpha value is -0.570. The van der Waals surface area contributed by atoms with Crippen LogP contribution in [0.5, 0.6) is 0 Å². The first-order chi connectivity index (χ1) is 4.70. The molecule has 1 aliphatic rings. The topological polar surface area (TPSA) is 46.5 Å². The molecule has 0 aromatic rings. The molecular formula is C7H12O3. The van der Waals surface area contributed by atoms with E-state index in [0.29, 0.717) is 12.5 Å². The molecule has 0 aromatic carbocycles. The molecule has 0 bridgehead atoms. The largest absolute Gasteiger partial charge is 0.463 e. The maximum Gasteiger partial charge on any atom is 0.334 e. The molecule has 1 N–H and O–H groups in total. The Kier molecular flexibility index (Phi) is 2.27. The SMILES string of the molecule is C[C@H](O)C(=O)OCC1CC1. The van der Waals surface area contributed by atoms with Gasteiger partial charge in [0.15, 0.2) is 0 Å². The lowest BCUT2D eigenvalue weighted by atomic mass is 10.4. The van der Waals surface area contributed by atoms with Gasteiger partial charge in [0.05, 0.1) is 6.61 Å². The molecule has 0 radical (unpaired) electrons. The van der Waals surface area contributed by atoms with E-state index in [1.807, 2.05) is 0 Å². The maximum atomic E-state index is 10.6. The van der Waals surface area contributed by atoms with Crippen molar-refractivity contribution in [1.29, 1.82) is 0 Å². The zero-order valence-electron chi connectivity index (χ0n) is 6.04. The fourth-order valence-corrected chi connectivity index (χ4v) is 0.605. The van der Waals surface area contributed by atoms with Crippen LogP contribution in [0.3, 0.4) is 0 Å². The van der Waals surface area contributed by atoms with Crippen molar-refractivity contribution in [1.82, 2.24) is 0 Å². The summed E-state index contributed by atoms with van der Waals surface area (Å²) < 4.78 is 4.74. The van der Waals surface area contributed by atoms with Gasteiger partial charge >= 0.3 is 5.97 Å². The Labute approximate surface area is 60.0 Å². The first-order valence-corrected chi connectivity index (χ1v) is 3.55. The Morgan fingerprint density at radius 2 is 2.40 bits per heavy atom. The fourth-order valence-electron chi connectivity index (χ4n) is 0.605. The lowest BCUT2D eigenvalue weighted by molar-refractivity contribution is -0.153. The number of ether oxygens (including phenoxy) is 1. The second-order valence-corrected chi connectivity index (χ2v) is 2.75. The Bertz CT molecular complexity index is 127. The van der Waals surface area contributed by atoms with Gasteiger partial charge in [0, 0.05) is 0 Å². The highest BCUT2D eigenvalue weighted by atomic mass is 16.5. The van der Waals surface area contributed by atoms with Crippen molar-refractivity contribution < 1.29 is 14.6 Å². The minimum Gasteiger partial charge on any atom is -0.463 e. The molecule has 0 heterocycles. The summed E-state index contributed by atoms with van der Waals surface area (Å²) in [6, 6.07) is 0. The molecule has 0 aromatic heterocycles. The van der Waals surface area contributed by atoms with Crippen LogP contribution in [0.4, 0.5) is 0 Å². The Balaban J connectivity index is 2.05. The van der Waals surface area contributed by atoms with Crippen LogP contribution in [-0.2, 0) is 9.53 Å². The van der Waals surface area contributed by atoms with Crippen molar-refractivity contribution in [3.63, 3.8) is 0 Å². The van der Waals surface area contributed by atoms with Crippen molar-refractivity contribution >= 4 is 5.97 Å². The van der Waals surface area contributed by atoms with E-state index in [2.05, 4.69) is 0 Å². The van der Waals surface area contributed by atoms with Crippen LogP contribution in [0, 0.1) is 5.92 Å². The second kappa shape index (κ2) is 3.01. The van der Waals surface area contributed by atoms with E-state index >= 15 is 0 Å². The molecule has 58 valence electrons. The summed E-state index contributed by atoms with van der Waals surface area (Å²) >= 11 is 0. The zero-order valence-corrected chi connectivity index (χ0v) is 6.04. The normalized spacial score (nSPS) is 20.2. The highest BCUT2D eigenvalue weighted by Crippen LogP contribution is 2.28. The second-order valence-electron chi connectivity index (χ2n) is 2.75. The van der Waals surface area contributed by atoms with Crippen LogP contribution < -0.4 is 0 Å². The summed E-state index contributed by atoms with van der Waals surface area (Å²) in [5.41, 5.74) is 0. The first kappa shape index (κ1) is 7.54. The van der Waals surface area contributed by atoms with Gasteiger partial charge in [0.1, 0.15) is 6.10 Å². The average molecular weight is 144 g/mol. The third-order valence-corrected chi connectivity index (χ3v) is 1.50. The molecule has 1 atom stereocenters. The van der Waals surface area contributed by atoms with Gasteiger partial charge < -0.3 is 9.84 Å². The number of aliphatic hydroxyl groups excluding tert-OH is 1. The number of aliphatic hydroxyl groups is 1. The van der Waals surface area contributed by atoms with Gasteiger partial charge in [0.2, 0.25) is 0 Å². The monoisotopic (exact) mass is 144 g/mol. The molecule has 0 amide bonds. The van der Waals surface area contributed by atoms with Gasteiger partial charge in [-0.05, 0) is 25.7 Å². The van der Waals surface area contributed by atoms with Crippen molar-refractivity contribution in [3.8, 4) is 0 Å². The summed E-state index contributed by atoms with van der Waals surface area (Å²) in [6.45, 7) is 1.90. The van der Waals surface area contributed by atoms with Gasteiger partial charge in [-0.2, -0.15) is 0 Å². The molecule has 3 nitrogen and oxygen atoms in total. The minimum atomic E-state index is -0.973. The minimum absolute atomic E-state index is 0.490. The molecule has 0 saturated heterocycles. The number of carbonyl (C=O) groups excluding carboxylic acids is 1. The number of rotatable bonds is 3. The van der Waals surface area contributed by atoms with E-state index in [4.69, 9.17) is 9.84 Å². The molecule has 3 heteroatoms. The summed E-state index contributed by atoms with van der Waals surface area (Å²) in [6.07, 6.45) is 1.35. The van der Waals surface area contributed by atoms with E-state index in [9.17, 15) is 4.79 Å². The maximum absolute atomic E-state index is 10.6. The Morgan fingerprint density at radius 3 is 2.80 bits per heavy atom. The molecular weight excluding hydrogens is 132 g/mol. The highest BCUT2D eigenvalue weighted by Gasteiger charge is 2.23. The molecule has 10 heavy (non-hydrogen) atoms. The molecule has 0 unspecified atom stereocenters. The van der Waals surface area contributed by atoms with Crippen molar-refractivity contribution in [2.75, 3.05) is 6.61 Å². The van der Waals surface area contributed by atoms with Crippen LogP contribution in [0.1, 0.15) is 19.8 Å². The third kappa shape index (κ3) is 2.35. The standard InChI is InChI=1S/C7H12O3/c1-5(8)7(9)10-4-6-2-3-6/h5-6,8H,2-4H2,1H3/t5-/m0/s1. The summed E-state index contributed by atoms with van der Waals surface area (Å²) in [7, 11) is 0. The van der Waals surface area contributed by atoms with Crippen LogP contribution >= 0.6 is 0 Å². The molecule has 0 spiro atoms. The van der Waals surface area contributed by atoms with Crippen molar-refractivity contribution in [3.05, 3.63) is 0 Å². The zero-order chi connectivity index (χ0) is 7.56. The van der Waals surface area contributed by atoms with E-state index in [1.165, 1.54) is 6.92 Å². The smallest absolute Gasteiger partial charge is 0.334 e. The van der Waals surface area contributed by atoms with E-state index < -0.39 is 12.1 Å². The summed E-state index contributed by atoms with van der Waals surface area (Å²) in [5.74, 6) is 0.0644. The predicted molar refractivity (Wildman–Crippen MR) is 35.4 cm³/mol. The lowest BCUT2D eigenvalue weighted by Crippen LogP contribution is -2.20. The van der Waals surface area contributed by atoms with Crippen LogP contribution in [0.15, 0.2) is 0 Å². The van der Waals surface area contributed by atoms with E-state index in [1.54, 1.807) is 0 Å². The first-order valence-electron chi connectivity index (χ1n) is 3.55. The van der Waals surface area contributed by atoms with Gasteiger partial charge in [-0.3, -0.25) is 0 Å².